The lowest BCUT2D eigenvalue weighted by molar-refractivity contribution is -0.182. The van der Waals surface area contributed by atoms with Gasteiger partial charge in [0.25, 0.3) is 0 Å². The van der Waals surface area contributed by atoms with Crippen molar-refractivity contribution >= 4 is 5.97 Å². The van der Waals surface area contributed by atoms with Crippen LogP contribution in [0.25, 0.3) is 0 Å². The number of nitrogens with zero attached hydrogens (tertiary/aromatic N) is 2. The Bertz CT molecular complexity index is 509. The molecule has 2 atom stereocenters. The molecule has 7 nitrogen and oxygen atoms in total. The fraction of sp³-hybridized carbons (Fsp3) is 0.462. The summed E-state index contributed by atoms with van der Waals surface area (Å²) in [5, 5.41) is 0. The third kappa shape index (κ3) is 2.66. The van der Waals surface area contributed by atoms with Gasteiger partial charge in [-0.1, -0.05) is 13.5 Å². The smallest absolute Gasteiger partial charge is 0.328 e. The molecule has 2 unspecified atom stereocenters. The highest BCUT2D eigenvalue weighted by Crippen LogP contribution is 2.32. The molecule has 0 spiro atoms. The first-order chi connectivity index (χ1) is 9.58. The molecule has 2 rings (SSSR count). The summed E-state index contributed by atoms with van der Waals surface area (Å²) in [6.45, 7) is 5.67. The number of methoxy groups -OCH3 is 2. The van der Waals surface area contributed by atoms with Crippen LogP contribution in [-0.2, 0) is 9.53 Å². The maximum Gasteiger partial charge on any atom is 0.328 e. The minimum atomic E-state index is -0.485. The second kappa shape index (κ2) is 5.77. The van der Waals surface area contributed by atoms with Crippen LogP contribution in [0.3, 0.4) is 0 Å². The molecule has 2 heterocycles. The van der Waals surface area contributed by atoms with Crippen LogP contribution in [0.4, 0.5) is 0 Å². The summed E-state index contributed by atoms with van der Waals surface area (Å²) in [6.07, 6.45) is 0.489. The molecule has 0 aliphatic carbocycles. The summed E-state index contributed by atoms with van der Waals surface area (Å²) in [7, 11) is 2.94. The van der Waals surface area contributed by atoms with Gasteiger partial charge in [-0.3, -0.25) is 4.79 Å². The molecule has 20 heavy (non-hydrogen) atoms. The molecule has 1 aromatic rings. The van der Waals surface area contributed by atoms with E-state index in [-0.39, 0.29) is 23.8 Å². The molecule has 1 aliphatic rings. The Morgan fingerprint density at radius 1 is 1.35 bits per heavy atom. The van der Waals surface area contributed by atoms with Crippen LogP contribution in [0, 0.1) is 5.92 Å². The molecule has 1 fully saturated rings. The predicted octanol–water partition coefficient (Wildman–Crippen LogP) is 1.34. The molecule has 0 aromatic carbocycles. The predicted molar refractivity (Wildman–Crippen MR) is 68.6 cm³/mol. The van der Waals surface area contributed by atoms with E-state index in [1.165, 1.54) is 20.3 Å². The number of hydrogen-bond acceptors (Lipinski definition) is 7. The number of carbonyl (C=O) groups is 1. The van der Waals surface area contributed by atoms with E-state index >= 15 is 0 Å². The van der Waals surface area contributed by atoms with E-state index in [0.717, 1.165) is 0 Å². The van der Waals surface area contributed by atoms with Gasteiger partial charge in [0.1, 0.15) is 11.9 Å². The number of esters is 1. The average Bonchev–Trinajstić information content (AvgIpc) is 2.43. The first-order valence-corrected chi connectivity index (χ1v) is 6.13. The number of carbonyl (C=O) groups excluding carboxylic acids is 1. The summed E-state index contributed by atoms with van der Waals surface area (Å²) >= 11 is 0. The number of rotatable bonds is 6. The Morgan fingerprint density at radius 3 is 2.40 bits per heavy atom. The maximum absolute atomic E-state index is 11.4. The highest BCUT2D eigenvalue weighted by atomic mass is 16.6. The van der Waals surface area contributed by atoms with Crippen molar-refractivity contribution in [1.82, 2.24) is 9.97 Å². The highest BCUT2D eigenvalue weighted by Gasteiger charge is 2.44. The lowest BCUT2D eigenvalue weighted by Gasteiger charge is -2.34. The van der Waals surface area contributed by atoms with E-state index in [9.17, 15) is 4.79 Å². The van der Waals surface area contributed by atoms with Gasteiger partial charge >= 0.3 is 12.0 Å². The Morgan fingerprint density at radius 2 is 1.95 bits per heavy atom. The highest BCUT2D eigenvalue weighted by molar-refractivity contribution is 5.81. The van der Waals surface area contributed by atoms with Gasteiger partial charge in [0.15, 0.2) is 5.92 Å². The van der Waals surface area contributed by atoms with Crippen molar-refractivity contribution in [2.24, 2.45) is 5.92 Å². The molecule has 108 valence electrons. The zero-order valence-electron chi connectivity index (χ0n) is 11.6. The van der Waals surface area contributed by atoms with Crippen molar-refractivity contribution in [3.63, 3.8) is 0 Å². The first-order valence-electron chi connectivity index (χ1n) is 6.13. The second-order valence-electron chi connectivity index (χ2n) is 4.16. The standard InChI is InChI=1S/C13H16N2O5/c1-5-8-11(12(16)20-8)7(2)19-13-14-9(17-3)6-10(15-13)18-4/h6,8,11H,2,5H2,1,3-4H3. The van der Waals surface area contributed by atoms with Gasteiger partial charge < -0.3 is 18.9 Å². The Kier molecular flexibility index (Phi) is 4.07. The molecule has 0 amide bonds. The zero-order valence-corrected chi connectivity index (χ0v) is 11.6. The van der Waals surface area contributed by atoms with Crippen LogP contribution < -0.4 is 14.2 Å². The van der Waals surface area contributed by atoms with Crippen LogP contribution in [0.15, 0.2) is 18.4 Å². The van der Waals surface area contributed by atoms with E-state index in [2.05, 4.69) is 16.5 Å². The van der Waals surface area contributed by atoms with E-state index in [1.54, 1.807) is 0 Å². The molecular formula is C13H16N2O5. The first kappa shape index (κ1) is 14.1. The van der Waals surface area contributed by atoms with Crippen LogP contribution in [0.5, 0.6) is 17.8 Å². The number of aromatic nitrogens is 2. The SMILES string of the molecule is C=C(Oc1nc(OC)cc(OC)n1)C1C(=O)OC1CC. The van der Waals surface area contributed by atoms with Gasteiger partial charge in [-0.15, -0.1) is 0 Å². The average molecular weight is 280 g/mol. The summed E-state index contributed by atoms with van der Waals surface area (Å²) in [4.78, 5) is 19.4. The third-order valence-electron chi connectivity index (χ3n) is 2.94. The molecule has 0 N–H and O–H groups in total. The molecular weight excluding hydrogens is 264 g/mol. The van der Waals surface area contributed by atoms with Gasteiger partial charge in [-0.05, 0) is 6.42 Å². The number of cyclic esters (lactones) is 1. The summed E-state index contributed by atoms with van der Waals surface area (Å²) in [5.74, 6) is 0.00617. The number of ether oxygens (including phenoxy) is 4. The molecule has 1 saturated heterocycles. The topological polar surface area (TPSA) is 79.8 Å². The molecule has 1 aromatic heterocycles. The van der Waals surface area contributed by atoms with E-state index in [0.29, 0.717) is 18.2 Å². The third-order valence-corrected chi connectivity index (χ3v) is 2.94. The van der Waals surface area contributed by atoms with Gasteiger partial charge in [0.05, 0.1) is 20.3 Å². The summed E-state index contributed by atoms with van der Waals surface area (Å²) in [5.41, 5.74) is 0. The van der Waals surface area contributed by atoms with Gasteiger partial charge in [-0.25, -0.2) is 0 Å². The fourth-order valence-electron chi connectivity index (χ4n) is 1.85. The van der Waals surface area contributed by atoms with E-state index in [1.807, 2.05) is 6.92 Å². The van der Waals surface area contributed by atoms with E-state index in [4.69, 9.17) is 18.9 Å². The molecule has 7 heteroatoms. The molecule has 0 saturated carbocycles. The van der Waals surface area contributed by atoms with E-state index < -0.39 is 5.92 Å². The Labute approximate surface area is 116 Å². The van der Waals surface area contributed by atoms with Crippen LogP contribution in [0.1, 0.15) is 13.3 Å². The molecule has 1 aliphatic heterocycles. The lowest BCUT2D eigenvalue weighted by atomic mass is 9.93. The largest absolute Gasteiger partial charge is 0.481 e. The zero-order chi connectivity index (χ0) is 14.7. The van der Waals surface area contributed by atoms with Gasteiger partial charge in [-0.2, -0.15) is 9.97 Å². The van der Waals surface area contributed by atoms with Crippen molar-refractivity contribution in [3.8, 4) is 17.8 Å². The van der Waals surface area contributed by atoms with Crippen molar-refractivity contribution in [2.75, 3.05) is 14.2 Å². The van der Waals surface area contributed by atoms with Gasteiger partial charge in [0, 0.05) is 0 Å². The number of hydrogen-bond donors (Lipinski definition) is 0. The molecule has 0 radical (unpaired) electrons. The van der Waals surface area contributed by atoms with Crippen molar-refractivity contribution < 1.29 is 23.7 Å². The monoisotopic (exact) mass is 280 g/mol. The Hall–Kier alpha value is -2.31. The summed E-state index contributed by atoms with van der Waals surface area (Å²) in [6, 6.07) is 1.53. The van der Waals surface area contributed by atoms with Gasteiger partial charge in [0.2, 0.25) is 11.8 Å². The Balaban J connectivity index is 2.13. The van der Waals surface area contributed by atoms with Crippen molar-refractivity contribution in [2.45, 2.75) is 19.4 Å². The van der Waals surface area contributed by atoms with Crippen LogP contribution in [-0.4, -0.2) is 36.3 Å². The normalized spacial score (nSPS) is 20.6. The lowest BCUT2D eigenvalue weighted by Crippen LogP contribution is -2.46. The quantitative estimate of drug-likeness (QED) is 0.574. The second-order valence-corrected chi connectivity index (χ2v) is 4.16. The van der Waals surface area contributed by atoms with Crippen LogP contribution in [0.2, 0.25) is 0 Å². The minimum Gasteiger partial charge on any atom is -0.481 e. The molecule has 0 bridgehead atoms. The summed E-state index contributed by atoms with van der Waals surface area (Å²) < 4.78 is 20.4. The fourth-order valence-corrected chi connectivity index (χ4v) is 1.85. The van der Waals surface area contributed by atoms with Crippen LogP contribution >= 0.6 is 0 Å². The maximum atomic E-state index is 11.4. The minimum absolute atomic E-state index is 0.0146. The van der Waals surface area contributed by atoms with Crippen molar-refractivity contribution in [1.29, 1.82) is 0 Å². The van der Waals surface area contributed by atoms with Crippen molar-refractivity contribution in [3.05, 3.63) is 18.4 Å².